The van der Waals surface area contributed by atoms with Crippen molar-refractivity contribution in [2.45, 2.75) is 19.5 Å². The molecule has 0 amide bonds. The summed E-state index contributed by atoms with van der Waals surface area (Å²) in [6, 6.07) is 15.7. The maximum absolute atomic E-state index is 12.5. The Labute approximate surface area is 166 Å². The molecule has 9 heteroatoms. The van der Waals surface area contributed by atoms with Gasteiger partial charge < -0.3 is 15.4 Å². The highest BCUT2D eigenvalue weighted by atomic mass is 19.4. The van der Waals surface area contributed by atoms with Crippen LogP contribution in [-0.4, -0.2) is 29.2 Å². The zero-order valence-electron chi connectivity index (χ0n) is 15.6. The standard InChI is InChI=1S/C20H20F3N5O/c1-24-19(26-13-16-7-5-6-10-18(16)29-20(21,22)23)25-11-15-12-27-28(14-15)17-8-3-2-4-9-17/h2-10,12,14H,11,13H2,1H3,(H2,24,25,26). The van der Waals surface area contributed by atoms with Crippen LogP contribution in [-0.2, 0) is 13.1 Å². The minimum absolute atomic E-state index is 0.120. The lowest BCUT2D eigenvalue weighted by Crippen LogP contribution is -2.36. The van der Waals surface area contributed by atoms with Crippen molar-refractivity contribution in [3.05, 3.63) is 78.1 Å². The molecule has 6 nitrogen and oxygen atoms in total. The average molecular weight is 403 g/mol. The van der Waals surface area contributed by atoms with Gasteiger partial charge in [-0.1, -0.05) is 36.4 Å². The smallest absolute Gasteiger partial charge is 0.405 e. The highest BCUT2D eigenvalue weighted by Gasteiger charge is 2.31. The molecule has 29 heavy (non-hydrogen) atoms. The van der Waals surface area contributed by atoms with Gasteiger partial charge in [0.2, 0.25) is 0 Å². The molecule has 0 radical (unpaired) electrons. The van der Waals surface area contributed by atoms with Crippen LogP contribution >= 0.6 is 0 Å². The average Bonchev–Trinajstić information content (AvgIpc) is 3.18. The van der Waals surface area contributed by atoms with Crippen molar-refractivity contribution in [3.63, 3.8) is 0 Å². The van der Waals surface area contributed by atoms with Crippen molar-refractivity contribution in [3.8, 4) is 11.4 Å². The van der Waals surface area contributed by atoms with Gasteiger partial charge in [-0.05, 0) is 18.2 Å². The van der Waals surface area contributed by atoms with Crippen LogP contribution in [0, 0.1) is 0 Å². The van der Waals surface area contributed by atoms with E-state index >= 15 is 0 Å². The highest BCUT2D eigenvalue weighted by molar-refractivity contribution is 5.79. The van der Waals surface area contributed by atoms with Gasteiger partial charge in [-0.3, -0.25) is 4.99 Å². The molecule has 1 aromatic heterocycles. The van der Waals surface area contributed by atoms with Crippen molar-refractivity contribution < 1.29 is 17.9 Å². The summed E-state index contributed by atoms with van der Waals surface area (Å²) in [4.78, 5) is 4.09. The minimum Gasteiger partial charge on any atom is -0.405 e. The first kappa shape index (κ1) is 20.2. The van der Waals surface area contributed by atoms with Gasteiger partial charge in [0.15, 0.2) is 5.96 Å². The van der Waals surface area contributed by atoms with E-state index in [-0.39, 0.29) is 12.3 Å². The molecule has 3 aromatic rings. The van der Waals surface area contributed by atoms with E-state index in [0.717, 1.165) is 11.3 Å². The van der Waals surface area contributed by atoms with Gasteiger partial charge in [0, 0.05) is 37.5 Å². The third-order valence-electron chi connectivity index (χ3n) is 3.98. The van der Waals surface area contributed by atoms with E-state index in [4.69, 9.17) is 0 Å². The fourth-order valence-corrected chi connectivity index (χ4v) is 2.63. The SMILES string of the molecule is CN=C(NCc1cnn(-c2ccccc2)c1)NCc1ccccc1OC(F)(F)F. The second-order valence-electron chi connectivity index (χ2n) is 6.06. The number of ether oxygens (including phenoxy) is 1. The zero-order chi connectivity index (χ0) is 20.7. The number of para-hydroxylation sites is 2. The number of alkyl halides is 3. The van der Waals surface area contributed by atoms with E-state index < -0.39 is 6.36 Å². The Morgan fingerprint density at radius 2 is 1.72 bits per heavy atom. The van der Waals surface area contributed by atoms with E-state index in [1.807, 2.05) is 36.5 Å². The van der Waals surface area contributed by atoms with Gasteiger partial charge in [0.05, 0.1) is 11.9 Å². The van der Waals surface area contributed by atoms with Gasteiger partial charge in [0.1, 0.15) is 5.75 Å². The van der Waals surface area contributed by atoms with Crippen molar-refractivity contribution in [2.75, 3.05) is 7.05 Å². The quantitative estimate of drug-likeness (QED) is 0.487. The van der Waals surface area contributed by atoms with Gasteiger partial charge in [-0.15, -0.1) is 13.2 Å². The van der Waals surface area contributed by atoms with Crippen LogP contribution in [0.15, 0.2) is 72.0 Å². The largest absolute Gasteiger partial charge is 0.573 e. The Hall–Kier alpha value is -3.49. The number of benzene rings is 2. The molecule has 152 valence electrons. The predicted octanol–water partition coefficient (Wildman–Crippen LogP) is 3.64. The summed E-state index contributed by atoms with van der Waals surface area (Å²) in [7, 11) is 1.58. The Morgan fingerprint density at radius 1 is 1.03 bits per heavy atom. The molecule has 0 spiro atoms. The summed E-state index contributed by atoms with van der Waals surface area (Å²) < 4.78 is 43.4. The van der Waals surface area contributed by atoms with Crippen LogP contribution in [0.25, 0.3) is 5.69 Å². The van der Waals surface area contributed by atoms with E-state index in [0.29, 0.717) is 18.1 Å². The topological polar surface area (TPSA) is 63.5 Å². The van der Waals surface area contributed by atoms with Gasteiger partial charge in [-0.2, -0.15) is 5.10 Å². The summed E-state index contributed by atoms with van der Waals surface area (Å²) in [5, 5.41) is 10.4. The molecular formula is C20H20F3N5O. The summed E-state index contributed by atoms with van der Waals surface area (Å²) in [6.45, 7) is 0.572. The number of hydrogen-bond donors (Lipinski definition) is 2. The summed E-state index contributed by atoms with van der Waals surface area (Å²) in [6.07, 6.45) is -1.11. The fourth-order valence-electron chi connectivity index (χ4n) is 2.63. The molecule has 0 aliphatic rings. The van der Waals surface area contributed by atoms with Gasteiger partial charge >= 0.3 is 6.36 Å². The van der Waals surface area contributed by atoms with E-state index in [2.05, 4.69) is 25.5 Å². The molecule has 0 fully saturated rings. The summed E-state index contributed by atoms with van der Waals surface area (Å²) >= 11 is 0. The lowest BCUT2D eigenvalue weighted by atomic mass is 10.2. The van der Waals surface area contributed by atoms with Crippen LogP contribution in [0.5, 0.6) is 5.75 Å². The molecule has 2 N–H and O–H groups in total. The van der Waals surface area contributed by atoms with Crippen molar-refractivity contribution in [1.82, 2.24) is 20.4 Å². The van der Waals surface area contributed by atoms with Crippen LogP contribution in [0.3, 0.4) is 0 Å². The lowest BCUT2D eigenvalue weighted by molar-refractivity contribution is -0.274. The molecule has 0 bridgehead atoms. The second kappa shape index (κ2) is 9.13. The molecule has 0 aliphatic carbocycles. The molecule has 0 saturated carbocycles. The third kappa shape index (κ3) is 6.00. The van der Waals surface area contributed by atoms with Crippen molar-refractivity contribution >= 4 is 5.96 Å². The van der Waals surface area contributed by atoms with Crippen LogP contribution in [0.4, 0.5) is 13.2 Å². The number of rotatable bonds is 6. The molecule has 0 aliphatic heterocycles. The van der Waals surface area contributed by atoms with Crippen molar-refractivity contribution in [1.29, 1.82) is 0 Å². The first-order chi connectivity index (χ1) is 13.9. The molecule has 0 unspecified atom stereocenters. The summed E-state index contributed by atoms with van der Waals surface area (Å²) in [5.74, 6) is 0.200. The maximum Gasteiger partial charge on any atom is 0.573 e. The monoisotopic (exact) mass is 403 g/mol. The molecule has 0 saturated heterocycles. The van der Waals surface area contributed by atoms with Crippen LogP contribution in [0.2, 0.25) is 0 Å². The molecule has 1 heterocycles. The number of guanidine groups is 1. The van der Waals surface area contributed by atoms with E-state index in [9.17, 15) is 13.2 Å². The number of hydrogen-bond acceptors (Lipinski definition) is 3. The van der Waals surface area contributed by atoms with Crippen molar-refractivity contribution in [2.24, 2.45) is 4.99 Å². The van der Waals surface area contributed by atoms with Gasteiger partial charge in [-0.25, -0.2) is 4.68 Å². The van der Waals surface area contributed by atoms with E-state index in [1.54, 1.807) is 30.1 Å². The number of nitrogens with zero attached hydrogens (tertiary/aromatic N) is 3. The Kier molecular flexibility index (Phi) is 6.38. The number of nitrogens with one attached hydrogen (secondary N) is 2. The Morgan fingerprint density at radius 3 is 2.45 bits per heavy atom. The maximum atomic E-state index is 12.5. The van der Waals surface area contributed by atoms with Crippen LogP contribution < -0.4 is 15.4 Å². The Bertz CT molecular complexity index is 954. The molecule has 2 aromatic carbocycles. The Balaban J connectivity index is 1.57. The summed E-state index contributed by atoms with van der Waals surface area (Å²) in [5.41, 5.74) is 2.24. The number of aromatic nitrogens is 2. The number of halogens is 3. The first-order valence-corrected chi connectivity index (χ1v) is 8.82. The predicted molar refractivity (Wildman–Crippen MR) is 104 cm³/mol. The van der Waals surface area contributed by atoms with E-state index in [1.165, 1.54) is 12.1 Å². The molecule has 0 atom stereocenters. The second-order valence-corrected chi connectivity index (χ2v) is 6.06. The lowest BCUT2D eigenvalue weighted by Gasteiger charge is -2.15. The molecular weight excluding hydrogens is 383 g/mol. The zero-order valence-corrected chi connectivity index (χ0v) is 15.6. The first-order valence-electron chi connectivity index (χ1n) is 8.82. The normalized spacial score (nSPS) is 11.9. The third-order valence-corrected chi connectivity index (χ3v) is 3.98. The van der Waals surface area contributed by atoms with Gasteiger partial charge in [0.25, 0.3) is 0 Å². The molecule has 3 rings (SSSR count). The minimum atomic E-state index is -4.74. The number of aliphatic imine (C=N–C) groups is 1. The van der Waals surface area contributed by atoms with Crippen LogP contribution in [0.1, 0.15) is 11.1 Å². The fraction of sp³-hybridized carbons (Fsp3) is 0.200. The highest BCUT2D eigenvalue weighted by Crippen LogP contribution is 2.26.